The Morgan fingerprint density at radius 2 is 1.72 bits per heavy atom. The Bertz CT molecular complexity index is 356. The molecule has 0 radical (unpaired) electrons. The minimum Gasteiger partial charge on any atom is -0.460 e. The molecular formula is C12H18O6. The molecule has 0 amide bonds. The fourth-order valence-electron chi connectivity index (χ4n) is 0.976. The van der Waals surface area contributed by atoms with Crippen molar-refractivity contribution in [2.75, 3.05) is 19.8 Å². The molecule has 6 heteroatoms. The van der Waals surface area contributed by atoms with Crippen LogP contribution in [0.15, 0.2) is 23.5 Å². The largest absolute Gasteiger partial charge is 0.460 e. The fraction of sp³-hybridized carbons (Fsp3) is 0.500. The number of aliphatic hydroxyl groups excluding tert-OH is 2. The van der Waals surface area contributed by atoms with E-state index in [1.165, 1.54) is 13.8 Å². The molecule has 0 heterocycles. The number of hydrogen-bond donors (Lipinski definition) is 2. The topological polar surface area (TPSA) is 93.1 Å². The Morgan fingerprint density at radius 1 is 1.11 bits per heavy atom. The van der Waals surface area contributed by atoms with E-state index in [-0.39, 0.29) is 43.1 Å². The first-order valence-electron chi connectivity index (χ1n) is 5.40. The molecule has 0 aromatic rings. The normalized spacial score (nSPS) is 11.6. The standard InChI is InChI=1S/C12H18O6/c1-8(2)11(15)18-10(4-5-13)9(3)12(16)17-7-6-14/h13-14H,1,4-7H2,2-3H3. The summed E-state index contributed by atoms with van der Waals surface area (Å²) in [6.45, 7) is 5.59. The summed E-state index contributed by atoms with van der Waals surface area (Å²) >= 11 is 0. The van der Waals surface area contributed by atoms with Crippen LogP contribution in [0.4, 0.5) is 0 Å². The van der Waals surface area contributed by atoms with Gasteiger partial charge in [-0.05, 0) is 13.8 Å². The maximum atomic E-state index is 11.5. The maximum Gasteiger partial charge on any atom is 0.338 e. The first kappa shape index (κ1) is 16.3. The van der Waals surface area contributed by atoms with Crippen molar-refractivity contribution < 1.29 is 29.3 Å². The second kappa shape index (κ2) is 8.43. The lowest BCUT2D eigenvalue weighted by atomic mass is 10.2. The molecule has 18 heavy (non-hydrogen) atoms. The third kappa shape index (κ3) is 5.60. The Balaban J connectivity index is 4.87. The van der Waals surface area contributed by atoms with Crippen LogP contribution in [0.1, 0.15) is 20.3 Å². The zero-order chi connectivity index (χ0) is 14.1. The van der Waals surface area contributed by atoms with Crippen LogP contribution >= 0.6 is 0 Å². The van der Waals surface area contributed by atoms with E-state index in [1.54, 1.807) is 0 Å². The van der Waals surface area contributed by atoms with E-state index in [4.69, 9.17) is 14.9 Å². The van der Waals surface area contributed by atoms with Crippen LogP contribution in [-0.2, 0) is 19.1 Å². The van der Waals surface area contributed by atoms with Gasteiger partial charge in [-0.2, -0.15) is 0 Å². The highest BCUT2D eigenvalue weighted by molar-refractivity contribution is 5.91. The van der Waals surface area contributed by atoms with Crippen LogP contribution in [0.2, 0.25) is 0 Å². The van der Waals surface area contributed by atoms with Gasteiger partial charge >= 0.3 is 11.9 Å². The van der Waals surface area contributed by atoms with Crippen molar-refractivity contribution in [1.82, 2.24) is 0 Å². The Kier molecular flexibility index (Phi) is 7.66. The number of hydrogen-bond acceptors (Lipinski definition) is 6. The predicted octanol–water partition coefficient (Wildman–Crippen LogP) is 0.298. The van der Waals surface area contributed by atoms with Gasteiger partial charge in [0.05, 0.1) is 18.8 Å². The van der Waals surface area contributed by atoms with Crippen LogP contribution in [-0.4, -0.2) is 42.0 Å². The van der Waals surface area contributed by atoms with Crippen LogP contribution in [0.25, 0.3) is 0 Å². The Morgan fingerprint density at radius 3 is 2.17 bits per heavy atom. The smallest absolute Gasteiger partial charge is 0.338 e. The molecule has 0 aliphatic heterocycles. The quantitative estimate of drug-likeness (QED) is 0.387. The molecule has 0 saturated carbocycles. The predicted molar refractivity (Wildman–Crippen MR) is 63.4 cm³/mol. The molecular weight excluding hydrogens is 240 g/mol. The molecule has 0 atom stereocenters. The van der Waals surface area contributed by atoms with Gasteiger partial charge in [-0.1, -0.05) is 6.58 Å². The molecule has 6 nitrogen and oxygen atoms in total. The van der Waals surface area contributed by atoms with E-state index in [0.29, 0.717) is 0 Å². The molecule has 0 aliphatic carbocycles. The van der Waals surface area contributed by atoms with Crippen molar-refractivity contribution >= 4 is 11.9 Å². The van der Waals surface area contributed by atoms with Crippen LogP contribution in [0.5, 0.6) is 0 Å². The highest BCUT2D eigenvalue weighted by Gasteiger charge is 2.16. The number of ether oxygens (including phenoxy) is 2. The lowest BCUT2D eigenvalue weighted by Gasteiger charge is -2.11. The second-order valence-corrected chi connectivity index (χ2v) is 3.55. The first-order chi connectivity index (χ1) is 8.43. The van der Waals surface area contributed by atoms with E-state index in [9.17, 15) is 9.59 Å². The van der Waals surface area contributed by atoms with Gasteiger partial charge in [0.2, 0.25) is 0 Å². The summed E-state index contributed by atoms with van der Waals surface area (Å²) in [4.78, 5) is 22.8. The third-order valence-electron chi connectivity index (χ3n) is 1.95. The fourth-order valence-corrected chi connectivity index (χ4v) is 0.976. The van der Waals surface area contributed by atoms with Gasteiger partial charge in [0, 0.05) is 12.0 Å². The van der Waals surface area contributed by atoms with Gasteiger partial charge < -0.3 is 19.7 Å². The summed E-state index contributed by atoms with van der Waals surface area (Å²) < 4.78 is 9.61. The van der Waals surface area contributed by atoms with Crippen molar-refractivity contribution in [2.24, 2.45) is 0 Å². The lowest BCUT2D eigenvalue weighted by molar-refractivity contribution is -0.140. The van der Waals surface area contributed by atoms with Gasteiger partial charge in [0.25, 0.3) is 0 Å². The Labute approximate surface area is 106 Å². The van der Waals surface area contributed by atoms with Gasteiger partial charge in [-0.3, -0.25) is 0 Å². The SMILES string of the molecule is C=C(C)C(=O)OC(CCO)=C(C)C(=O)OCCO. The monoisotopic (exact) mass is 258 g/mol. The summed E-state index contributed by atoms with van der Waals surface area (Å²) in [5.41, 5.74) is 0.258. The first-order valence-corrected chi connectivity index (χ1v) is 5.40. The van der Waals surface area contributed by atoms with Gasteiger partial charge in [0.15, 0.2) is 0 Å². The number of aliphatic hydroxyl groups is 2. The molecule has 0 aliphatic rings. The van der Waals surface area contributed by atoms with E-state index < -0.39 is 11.9 Å². The average molecular weight is 258 g/mol. The minimum absolute atomic E-state index is 0.0130. The number of carbonyl (C=O) groups is 2. The molecule has 0 bridgehead atoms. The third-order valence-corrected chi connectivity index (χ3v) is 1.95. The number of carbonyl (C=O) groups excluding carboxylic acids is 2. The van der Waals surface area contributed by atoms with E-state index in [0.717, 1.165) is 0 Å². The summed E-state index contributed by atoms with van der Waals surface area (Å²) in [6, 6.07) is 0. The summed E-state index contributed by atoms with van der Waals surface area (Å²) in [5.74, 6) is -1.34. The Hall–Kier alpha value is -1.66. The molecule has 0 aromatic heterocycles. The van der Waals surface area contributed by atoms with Gasteiger partial charge in [0.1, 0.15) is 12.4 Å². The highest BCUT2D eigenvalue weighted by Crippen LogP contribution is 2.14. The highest BCUT2D eigenvalue weighted by atomic mass is 16.6. The van der Waals surface area contributed by atoms with Crippen molar-refractivity contribution in [1.29, 1.82) is 0 Å². The summed E-state index contributed by atoms with van der Waals surface area (Å²) in [5, 5.41) is 17.4. The van der Waals surface area contributed by atoms with E-state index >= 15 is 0 Å². The number of esters is 2. The maximum absolute atomic E-state index is 11.5. The summed E-state index contributed by atoms with van der Waals surface area (Å²) in [7, 11) is 0. The van der Waals surface area contributed by atoms with Crippen LogP contribution < -0.4 is 0 Å². The average Bonchev–Trinajstić information content (AvgIpc) is 2.34. The second-order valence-electron chi connectivity index (χ2n) is 3.55. The molecule has 0 spiro atoms. The van der Waals surface area contributed by atoms with E-state index in [2.05, 4.69) is 11.3 Å². The zero-order valence-corrected chi connectivity index (χ0v) is 10.6. The van der Waals surface area contributed by atoms with Gasteiger partial charge in [-0.15, -0.1) is 0 Å². The summed E-state index contributed by atoms with van der Waals surface area (Å²) in [6.07, 6.45) is 0.0130. The number of rotatable bonds is 7. The zero-order valence-electron chi connectivity index (χ0n) is 10.6. The molecule has 102 valence electrons. The van der Waals surface area contributed by atoms with Crippen LogP contribution in [0.3, 0.4) is 0 Å². The molecule has 0 unspecified atom stereocenters. The van der Waals surface area contributed by atoms with Crippen molar-refractivity contribution in [3.05, 3.63) is 23.5 Å². The molecule has 0 fully saturated rings. The minimum atomic E-state index is -0.706. The van der Waals surface area contributed by atoms with Gasteiger partial charge in [-0.25, -0.2) is 9.59 Å². The van der Waals surface area contributed by atoms with Crippen LogP contribution in [0, 0.1) is 0 Å². The van der Waals surface area contributed by atoms with Crippen molar-refractivity contribution in [3.63, 3.8) is 0 Å². The van der Waals surface area contributed by atoms with E-state index in [1.807, 2.05) is 0 Å². The molecule has 2 N–H and O–H groups in total. The molecule has 0 aromatic carbocycles. The van der Waals surface area contributed by atoms with Crippen molar-refractivity contribution in [3.8, 4) is 0 Å². The molecule has 0 rings (SSSR count). The lowest BCUT2D eigenvalue weighted by Crippen LogP contribution is -2.15. The molecule has 0 saturated heterocycles. The van der Waals surface area contributed by atoms with Crippen molar-refractivity contribution in [2.45, 2.75) is 20.3 Å².